The molecule has 0 bridgehead atoms. The zero-order valence-corrected chi connectivity index (χ0v) is 4.90. The first-order chi connectivity index (χ1) is 4.00. The fourth-order valence-electron chi connectivity index (χ4n) is 0. The lowest BCUT2D eigenvalue weighted by molar-refractivity contribution is -0.742. The molecule has 0 unspecified atom stereocenters. The summed E-state index contributed by atoms with van der Waals surface area (Å²) in [6, 6.07) is 0. The monoisotopic (exact) mass is 133 g/mol. The van der Waals surface area contributed by atoms with Crippen molar-refractivity contribution in [2.45, 2.75) is 6.92 Å². The second-order valence-electron chi connectivity index (χ2n) is 1.20. The number of nitrogens with zero attached hydrogens (tertiary/aromatic N) is 1. The molecule has 0 aromatic heterocycles. The maximum Gasteiger partial charge on any atom is 0.291 e. The largest absolute Gasteiger partial charge is 0.328 e. The van der Waals surface area contributed by atoms with Gasteiger partial charge in [-0.15, -0.1) is 10.1 Å². The molecule has 1 N–H and O–H groups in total. The van der Waals surface area contributed by atoms with Crippen LogP contribution >= 0.6 is 0 Å². The van der Waals surface area contributed by atoms with Gasteiger partial charge in [-0.05, 0) is 12.5 Å². The van der Waals surface area contributed by atoms with E-state index in [0.717, 1.165) is 6.29 Å². The summed E-state index contributed by atoms with van der Waals surface area (Å²) in [5.74, 6) is 0. The lowest BCUT2D eigenvalue weighted by Crippen LogP contribution is -1.81. The number of hydrogen-bond acceptors (Lipinski definition) is 3. The Morgan fingerprint density at radius 1 is 1.89 bits per heavy atom. The van der Waals surface area contributed by atoms with Crippen LogP contribution in [-0.4, -0.2) is 16.6 Å². The van der Waals surface area contributed by atoms with Gasteiger partial charge in [-0.3, -0.25) is 4.79 Å². The van der Waals surface area contributed by atoms with E-state index in [1.165, 1.54) is 0 Å². The molecule has 0 aliphatic carbocycles. The van der Waals surface area contributed by atoms with Crippen LogP contribution in [-0.2, 0) is 4.79 Å². The molecule has 5 heteroatoms. The van der Waals surface area contributed by atoms with Crippen LogP contribution in [0.1, 0.15) is 6.92 Å². The number of aldehydes is 1. The maximum atomic E-state index is 9.41. The molecular weight excluding hydrogens is 126 g/mol. The molecule has 0 atom stereocenters. The third-order valence-corrected chi connectivity index (χ3v) is 0.201. The van der Waals surface area contributed by atoms with E-state index in [1.54, 1.807) is 6.92 Å². The molecule has 0 spiro atoms. The third kappa shape index (κ3) is 378. The van der Waals surface area contributed by atoms with Crippen LogP contribution in [0.4, 0.5) is 0 Å². The molecule has 0 aliphatic heterocycles. The number of allylic oxidation sites excluding steroid dienone is 1. The average molecular weight is 133 g/mol. The standard InChI is InChI=1S/C4H6O.HNO3/c1-4(2)3-5;2-1(3)4/h3H,1H2,2H3;(H,2,3,4). The van der Waals surface area contributed by atoms with Crippen LogP contribution in [0, 0.1) is 10.1 Å². The normalized spacial score (nSPS) is 6.33. The Hall–Kier alpha value is -1.39. The van der Waals surface area contributed by atoms with Crippen molar-refractivity contribution in [3.05, 3.63) is 22.3 Å². The van der Waals surface area contributed by atoms with Crippen LogP contribution in [0.25, 0.3) is 0 Å². The number of rotatable bonds is 1. The first-order valence-corrected chi connectivity index (χ1v) is 1.94. The van der Waals surface area contributed by atoms with Gasteiger partial charge in [-0.25, -0.2) is 0 Å². The van der Waals surface area contributed by atoms with E-state index in [9.17, 15) is 4.79 Å². The van der Waals surface area contributed by atoms with Crippen LogP contribution < -0.4 is 0 Å². The summed E-state index contributed by atoms with van der Waals surface area (Å²) < 4.78 is 0. The summed E-state index contributed by atoms with van der Waals surface area (Å²) in [6.45, 7) is 4.97. The lowest BCUT2D eigenvalue weighted by atomic mass is 10.4. The number of hydrogen-bond donors (Lipinski definition) is 1. The van der Waals surface area contributed by atoms with E-state index < -0.39 is 5.09 Å². The van der Waals surface area contributed by atoms with Gasteiger partial charge in [0, 0.05) is 0 Å². The quantitative estimate of drug-likeness (QED) is 0.243. The predicted octanol–water partition coefficient (Wildman–Crippen LogP) is 0.414. The smallest absolute Gasteiger partial charge is 0.291 e. The molecule has 0 aliphatic rings. The van der Waals surface area contributed by atoms with E-state index >= 15 is 0 Å². The van der Waals surface area contributed by atoms with Crippen molar-refractivity contribution in [2.75, 3.05) is 0 Å². The minimum atomic E-state index is -1.50. The predicted molar refractivity (Wildman–Crippen MR) is 29.7 cm³/mol. The van der Waals surface area contributed by atoms with Crippen molar-refractivity contribution >= 4 is 6.29 Å². The minimum absolute atomic E-state index is 0.574. The summed E-state index contributed by atoms with van der Waals surface area (Å²) in [6.07, 6.45) is 0.722. The van der Waals surface area contributed by atoms with E-state index in [2.05, 4.69) is 6.58 Å². The highest BCUT2D eigenvalue weighted by Crippen LogP contribution is 1.70. The molecule has 0 aromatic rings. The summed E-state index contributed by atoms with van der Waals surface area (Å²) in [5.41, 5.74) is 0.574. The van der Waals surface area contributed by atoms with Gasteiger partial charge in [-0.2, -0.15) is 0 Å². The van der Waals surface area contributed by atoms with Crippen LogP contribution in [0.5, 0.6) is 0 Å². The van der Waals surface area contributed by atoms with Crippen LogP contribution in [0.3, 0.4) is 0 Å². The van der Waals surface area contributed by atoms with Crippen molar-refractivity contribution in [3.63, 3.8) is 0 Å². The summed E-state index contributed by atoms with van der Waals surface area (Å²) >= 11 is 0. The number of carbonyl (C=O) groups is 1. The van der Waals surface area contributed by atoms with Gasteiger partial charge in [-0.1, -0.05) is 6.58 Å². The second kappa shape index (κ2) is 6.61. The van der Waals surface area contributed by atoms with Crippen LogP contribution in [0.15, 0.2) is 12.2 Å². The van der Waals surface area contributed by atoms with Gasteiger partial charge in [0.15, 0.2) is 0 Å². The van der Waals surface area contributed by atoms with Crippen LogP contribution in [0.2, 0.25) is 0 Å². The Morgan fingerprint density at radius 2 is 2.00 bits per heavy atom. The first-order valence-electron chi connectivity index (χ1n) is 1.94. The SMILES string of the molecule is C=C(C)C=O.O=[N+]([O-])O. The van der Waals surface area contributed by atoms with Crippen molar-refractivity contribution in [1.29, 1.82) is 0 Å². The van der Waals surface area contributed by atoms with Crippen molar-refractivity contribution in [2.24, 2.45) is 0 Å². The van der Waals surface area contributed by atoms with Crippen molar-refractivity contribution < 1.29 is 15.1 Å². The van der Waals surface area contributed by atoms with Gasteiger partial charge < -0.3 is 5.21 Å². The van der Waals surface area contributed by atoms with E-state index in [1.807, 2.05) is 0 Å². The Morgan fingerprint density at radius 3 is 2.00 bits per heavy atom. The molecule has 0 rings (SSSR count). The topological polar surface area (TPSA) is 80.4 Å². The summed E-state index contributed by atoms with van der Waals surface area (Å²) in [4.78, 5) is 17.8. The highest BCUT2D eigenvalue weighted by atomic mass is 16.9. The Kier molecular flexibility index (Phi) is 7.76. The molecule has 52 valence electrons. The van der Waals surface area contributed by atoms with Gasteiger partial charge >= 0.3 is 0 Å². The van der Waals surface area contributed by atoms with Gasteiger partial charge in [0.05, 0.1) is 0 Å². The molecule has 0 amide bonds. The first kappa shape index (κ1) is 10.6. The average Bonchev–Trinajstić information content (AvgIpc) is 1.65. The fraction of sp³-hybridized carbons (Fsp3) is 0.250. The molecular formula is C4H7NO4. The van der Waals surface area contributed by atoms with Crippen molar-refractivity contribution in [3.8, 4) is 0 Å². The molecule has 9 heavy (non-hydrogen) atoms. The van der Waals surface area contributed by atoms with Crippen molar-refractivity contribution in [1.82, 2.24) is 0 Å². The van der Waals surface area contributed by atoms with Gasteiger partial charge in [0.25, 0.3) is 5.09 Å². The fourth-order valence-corrected chi connectivity index (χ4v) is 0. The number of carbonyl (C=O) groups excluding carboxylic acids is 1. The molecule has 0 saturated carbocycles. The summed E-state index contributed by atoms with van der Waals surface area (Å²) in [5, 5.41) is 13.6. The highest BCUT2D eigenvalue weighted by Gasteiger charge is 1.66. The molecule has 0 aromatic carbocycles. The molecule has 0 saturated heterocycles. The summed E-state index contributed by atoms with van der Waals surface area (Å²) in [7, 11) is 0. The zero-order valence-electron chi connectivity index (χ0n) is 4.90. The molecule has 0 radical (unpaired) electrons. The highest BCUT2D eigenvalue weighted by molar-refractivity contribution is 5.70. The Labute approximate surface area is 51.7 Å². The van der Waals surface area contributed by atoms with E-state index in [-0.39, 0.29) is 0 Å². The lowest BCUT2D eigenvalue weighted by Gasteiger charge is -1.65. The Balaban J connectivity index is 0. The van der Waals surface area contributed by atoms with E-state index in [4.69, 9.17) is 15.3 Å². The Bertz CT molecular complexity index is 116. The minimum Gasteiger partial charge on any atom is -0.328 e. The molecule has 0 fully saturated rings. The molecule has 5 nitrogen and oxygen atoms in total. The molecule has 0 heterocycles. The van der Waals surface area contributed by atoms with Gasteiger partial charge in [0.1, 0.15) is 6.29 Å². The zero-order chi connectivity index (χ0) is 7.86. The van der Waals surface area contributed by atoms with E-state index in [0.29, 0.717) is 5.57 Å². The maximum absolute atomic E-state index is 9.41. The third-order valence-electron chi connectivity index (χ3n) is 0.201. The second-order valence-corrected chi connectivity index (χ2v) is 1.20. The van der Waals surface area contributed by atoms with Gasteiger partial charge in [0.2, 0.25) is 0 Å².